The largest absolute Gasteiger partial charge is 0.402 e. The minimum atomic E-state index is 0.0747. The standard InChI is InChI=1S/C10H13NO/c1-8(11)5-9-3-2-4-10(6-9)7-12/h2-6,12H,7,11H2,1H3/b8-5-. The molecule has 0 heterocycles. The van der Waals surface area contributed by atoms with E-state index in [9.17, 15) is 0 Å². The Balaban J connectivity index is 2.94. The zero-order valence-corrected chi connectivity index (χ0v) is 7.12. The lowest BCUT2D eigenvalue weighted by Crippen LogP contribution is -1.90. The first-order chi connectivity index (χ1) is 5.72. The zero-order valence-electron chi connectivity index (χ0n) is 7.12. The molecule has 12 heavy (non-hydrogen) atoms. The molecule has 0 aromatic heterocycles. The molecule has 0 aliphatic carbocycles. The number of aliphatic hydroxyl groups is 1. The normalized spacial score (nSPS) is 11.7. The molecule has 0 saturated carbocycles. The third kappa shape index (κ3) is 2.40. The van der Waals surface area contributed by atoms with E-state index < -0.39 is 0 Å². The molecule has 3 N–H and O–H groups in total. The number of hydrogen-bond acceptors (Lipinski definition) is 2. The topological polar surface area (TPSA) is 46.2 Å². The van der Waals surface area contributed by atoms with Gasteiger partial charge in [0.25, 0.3) is 0 Å². The fourth-order valence-corrected chi connectivity index (χ4v) is 1.04. The molecule has 2 heteroatoms. The van der Waals surface area contributed by atoms with Crippen LogP contribution in [0.1, 0.15) is 18.1 Å². The summed E-state index contributed by atoms with van der Waals surface area (Å²) in [6.07, 6.45) is 1.87. The van der Waals surface area contributed by atoms with Crippen molar-refractivity contribution in [2.45, 2.75) is 13.5 Å². The number of rotatable bonds is 2. The van der Waals surface area contributed by atoms with Crippen LogP contribution in [0, 0.1) is 0 Å². The Labute approximate surface area is 72.3 Å². The van der Waals surface area contributed by atoms with E-state index >= 15 is 0 Å². The SMILES string of the molecule is C/C(N)=C/c1cccc(CO)c1. The highest BCUT2D eigenvalue weighted by molar-refractivity contribution is 5.52. The van der Waals surface area contributed by atoms with Gasteiger partial charge in [-0.1, -0.05) is 18.2 Å². The first kappa shape index (κ1) is 8.81. The van der Waals surface area contributed by atoms with Crippen molar-refractivity contribution < 1.29 is 5.11 Å². The van der Waals surface area contributed by atoms with E-state index in [-0.39, 0.29) is 6.61 Å². The number of allylic oxidation sites excluding steroid dienone is 1. The molecule has 0 saturated heterocycles. The molecule has 0 aliphatic rings. The summed E-state index contributed by atoms with van der Waals surface area (Å²) in [5.74, 6) is 0. The van der Waals surface area contributed by atoms with Gasteiger partial charge in [-0.05, 0) is 30.2 Å². The molecule has 0 radical (unpaired) electrons. The lowest BCUT2D eigenvalue weighted by Gasteiger charge is -1.98. The highest BCUT2D eigenvalue weighted by Crippen LogP contribution is 2.07. The van der Waals surface area contributed by atoms with Gasteiger partial charge in [0.15, 0.2) is 0 Å². The number of hydrogen-bond donors (Lipinski definition) is 2. The second-order valence-electron chi connectivity index (χ2n) is 2.79. The quantitative estimate of drug-likeness (QED) is 0.694. The van der Waals surface area contributed by atoms with Gasteiger partial charge in [0.05, 0.1) is 6.61 Å². The van der Waals surface area contributed by atoms with Crippen LogP contribution in [0.3, 0.4) is 0 Å². The van der Waals surface area contributed by atoms with Crippen LogP contribution < -0.4 is 5.73 Å². The second kappa shape index (κ2) is 3.93. The minimum Gasteiger partial charge on any atom is -0.402 e. The summed E-state index contributed by atoms with van der Waals surface area (Å²) in [6.45, 7) is 1.91. The van der Waals surface area contributed by atoms with Crippen molar-refractivity contribution in [2.75, 3.05) is 0 Å². The van der Waals surface area contributed by atoms with Gasteiger partial charge in [0, 0.05) is 5.70 Å². The Morgan fingerprint density at radius 1 is 1.58 bits per heavy atom. The first-order valence-electron chi connectivity index (χ1n) is 3.86. The molecule has 1 aromatic carbocycles. The molecule has 1 aromatic rings. The third-order valence-electron chi connectivity index (χ3n) is 1.53. The molecule has 0 aliphatic heterocycles. The molecule has 2 nitrogen and oxygen atoms in total. The van der Waals surface area contributed by atoms with Gasteiger partial charge in [-0.3, -0.25) is 0 Å². The van der Waals surface area contributed by atoms with Gasteiger partial charge in [-0.15, -0.1) is 0 Å². The monoisotopic (exact) mass is 163 g/mol. The molecule has 1 rings (SSSR count). The van der Waals surface area contributed by atoms with Crippen LogP contribution in [0.15, 0.2) is 30.0 Å². The molecule has 0 fully saturated rings. The molecule has 0 bridgehead atoms. The Morgan fingerprint density at radius 3 is 2.92 bits per heavy atom. The number of aliphatic hydroxyl groups excluding tert-OH is 1. The van der Waals surface area contributed by atoms with E-state index in [1.807, 2.05) is 37.3 Å². The Hall–Kier alpha value is -1.28. The summed E-state index contributed by atoms with van der Waals surface area (Å²) in [6, 6.07) is 7.65. The van der Waals surface area contributed by atoms with E-state index in [1.54, 1.807) is 0 Å². The highest BCUT2D eigenvalue weighted by atomic mass is 16.3. The van der Waals surface area contributed by atoms with Crippen molar-refractivity contribution in [2.24, 2.45) is 5.73 Å². The van der Waals surface area contributed by atoms with Crippen LogP contribution in [0.2, 0.25) is 0 Å². The molecule has 0 atom stereocenters. The molecule has 0 spiro atoms. The summed E-state index contributed by atoms with van der Waals surface area (Å²) >= 11 is 0. The molecule has 0 amide bonds. The van der Waals surface area contributed by atoms with Gasteiger partial charge in [-0.2, -0.15) is 0 Å². The molecule has 0 unspecified atom stereocenters. The van der Waals surface area contributed by atoms with Crippen LogP contribution in [0.25, 0.3) is 6.08 Å². The molecular weight excluding hydrogens is 150 g/mol. The van der Waals surface area contributed by atoms with Crippen molar-refractivity contribution in [3.63, 3.8) is 0 Å². The lowest BCUT2D eigenvalue weighted by atomic mass is 10.1. The number of benzene rings is 1. The summed E-state index contributed by atoms with van der Waals surface area (Å²) in [5.41, 5.74) is 8.22. The maximum atomic E-state index is 8.84. The smallest absolute Gasteiger partial charge is 0.0682 e. The van der Waals surface area contributed by atoms with Gasteiger partial charge in [-0.25, -0.2) is 0 Å². The predicted molar refractivity (Wildman–Crippen MR) is 50.2 cm³/mol. The van der Waals surface area contributed by atoms with Crippen molar-refractivity contribution >= 4 is 6.08 Å². The van der Waals surface area contributed by atoms with Crippen molar-refractivity contribution in [3.8, 4) is 0 Å². The highest BCUT2D eigenvalue weighted by Gasteiger charge is 1.91. The van der Waals surface area contributed by atoms with E-state index in [4.69, 9.17) is 10.8 Å². The zero-order chi connectivity index (χ0) is 8.97. The van der Waals surface area contributed by atoms with Crippen LogP contribution in [0.4, 0.5) is 0 Å². The molecule has 64 valence electrons. The van der Waals surface area contributed by atoms with Crippen molar-refractivity contribution in [1.29, 1.82) is 0 Å². The average molecular weight is 163 g/mol. The van der Waals surface area contributed by atoms with Crippen LogP contribution in [-0.4, -0.2) is 5.11 Å². The fourth-order valence-electron chi connectivity index (χ4n) is 1.04. The summed E-state index contributed by atoms with van der Waals surface area (Å²) in [7, 11) is 0. The van der Waals surface area contributed by atoms with Gasteiger partial charge in [0.1, 0.15) is 0 Å². The maximum absolute atomic E-state index is 8.84. The van der Waals surface area contributed by atoms with Gasteiger partial charge < -0.3 is 10.8 Å². The summed E-state index contributed by atoms with van der Waals surface area (Å²) in [4.78, 5) is 0. The lowest BCUT2D eigenvalue weighted by molar-refractivity contribution is 0.282. The van der Waals surface area contributed by atoms with Crippen molar-refractivity contribution in [3.05, 3.63) is 41.1 Å². The summed E-state index contributed by atoms with van der Waals surface area (Å²) < 4.78 is 0. The van der Waals surface area contributed by atoms with E-state index in [0.29, 0.717) is 0 Å². The van der Waals surface area contributed by atoms with E-state index in [2.05, 4.69) is 0 Å². The van der Waals surface area contributed by atoms with E-state index in [1.165, 1.54) is 0 Å². The van der Waals surface area contributed by atoms with Gasteiger partial charge >= 0.3 is 0 Å². The minimum absolute atomic E-state index is 0.0747. The molecular formula is C10H13NO. The Kier molecular flexibility index (Phi) is 2.88. The Bertz CT molecular complexity index is 288. The van der Waals surface area contributed by atoms with Crippen LogP contribution in [-0.2, 0) is 6.61 Å². The van der Waals surface area contributed by atoms with Crippen LogP contribution in [0.5, 0.6) is 0 Å². The van der Waals surface area contributed by atoms with E-state index in [0.717, 1.165) is 16.8 Å². The van der Waals surface area contributed by atoms with Gasteiger partial charge in [0.2, 0.25) is 0 Å². The number of nitrogens with two attached hydrogens (primary N) is 1. The predicted octanol–water partition coefficient (Wildman–Crippen LogP) is 1.50. The fraction of sp³-hybridized carbons (Fsp3) is 0.200. The van der Waals surface area contributed by atoms with Crippen molar-refractivity contribution in [1.82, 2.24) is 0 Å². The maximum Gasteiger partial charge on any atom is 0.0682 e. The summed E-state index contributed by atoms with van der Waals surface area (Å²) in [5, 5.41) is 8.84. The second-order valence-corrected chi connectivity index (χ2v) is 2.79. The van der Waals surface area contributed by atoms with Crippen LogP contribution >= 0.6 is 0 Å². The third-order valence-corrected chi connectivity index (χ3v) is 1.53. The Morgan fingerprint density at radius 2 is 2.33 bits per heavy atom. The average Bonchev–Trinajstić information content (AvgIpc) is 2.03. The first-order valence-corrected chi connectivity index (χ1v) is 3.86.